The molecular formula is C21H22FN3O3S. The van der Waals surface area contributed by atoms with Gasteiger partial charge in [0.15, 0.2) is 0 Å². The van der Waals surface area contributed by atoms with Crippen molar-refractivity contribution >= 4 is 12.2 Å². The predicted molar refractivity (Wildman–Crippen MR) is 109 cm³/mol. The van der Waals surface area contributed by atoms with E-state index in [0.717, 1.165) is 12.8 Å². The first-order valence-electron chi connectivity index (χ1n) is 9.37. The zero-order valence-corrected chi connectivity index (χ0v) is 17.1. The summed E-state index contributed by atoms with van der Waals surface area (Å²) in [6.45, 7) is 0.924. The zero-order chi connectivity index (χ0) is 20.4. The predicted octanol–water partition coefficient (Wildman–Crippen LogP) is 4.65. The van der Waals surface area contributed by atoms with Crippen LogP contribution in [0, 0.1) is 10.7 Å². The van der Waals surface area contributed by atoms with E-state index in [9.17, 15) is 4.39 Å². The second kappa shape index (κ2) is 8.34. The van der Waals surface area contributed by atoms with Crippen molar-refractivity contribution in [2.45, 2.75) is 32.1 Å². The van der Waals surface area contributed by atoms with Crippen LogP contribution in [0.4, 0.5) is 4.39 Å². The fraction of sp³-hybridized carbons (Fsp3) is 0.333. The number of benzene rings is 2. The molecule has 0 N–H and O–H groups in total. The van der Waals surface area contributed by atoms with Gasteiger partial charge in [0, 0.05) is 24.2 Å². The largest absolute Gasteiger partial charge is 0.497 e. The Morgan fingerprint density at radius 3 is 2.69 bits per heavy atom. The maximum absolute atomic E-state index is 14.1. The van der Waals surface area contributed by atoms with Gasteiger partial charge < -0.3 is 13.9 Å². The molecule has 1 saturated carbocycles. The zero-order valence-electron chi connectivity index (χ0n) is 16.3. The van der Waals surface area contributed by atoms with Crippen LogP contribution in [0.3, 0.4) is 0 Å². The summed E-state index contributed by atoms with van der Waals surface area (Å²) in [5.41, 5.74) is 1.34. The molecule has 0 spiro atoms. The van der Waals surface area contributed by atoms with Crippen LogP contribution in [0.5, 0.6) is 11.5 Å². The topological polar surface area (TPSA) is 52.7 Å². The van der Waals surface area contributed by atoms with Gasteiger partial charge in [0.1, 0.15) is 17.3 Å². The van der Waals surface area contributed by atoms with Gasteiger partial charge >= 0.3 is 0 Å². The van der Waals surface area contributed by atoms with Crippen molar-refractivity contribution < 1.29 is 18.3 Å². The number of aromatic nitrogens is 2. The lowest BCUT2D eigenvalue weighted by atomic mass is 10.2. The number of methoxy groups -OCH3 is 2. The molecule has 0 amide bonds. The Kier molecular flexibility index (Phi) is 5.64. The van der Waals surface area contributed by atoms with Crippen LogP contribution in [-0.4, -0.2) is 34.9 Å². The summed E-state index contributed by atoms with van der Waals surface area (Å²) in [4.78, 5) is 2.43. The Bertz CT molecular complexity index is 1060. The highest BCUT2D eigenvalue weighted by Crippen LogP contribution is 2.33. The molecule has 0 atom stereocenters. The van der Waals surface area contributed by atoms with Crippen LogP contribution in [0.2, 0.25) is 0 Å². The fourth-order valence-electron chi connectivity index (χ4n) is 3.23. The lowest BCUT2D eigenvalue weighted by Gasteiger charge is -2.21. The number of halogens is 1. The van der Waals surface area contributed by atoms with Crippen molar-refractivity contribution in [1.82, 2.24) is 14.7 Å². The Morgan fingerprint density at radius 2 is 2.00 bits per heavy atom. The van der Waals surface area contributed by atoms with Crippen molar-refractivity contribution in [2.24, 2.45) is 0 Å². The summed E-state index contributed by atoms with van der Waals surface area (Å²) in [7, 11) is 3.17. The van der Waals surface area contributed by atoms with Gasteiger partial charge in [-0.25, -0.2) is 9.07 Å². The van der Waals surface area contributed by atoms with Crippen LogP contribution in [0.1, 0.15) is 18.4 Å². The van der Waals surface area contributed by atoms with E-state index in [1.54, 1.807) is 37.1 Å². The van der Waals surface area contributed by atoms with Crippen molar-refractivity contribution in [2.75, 3.05) is 14.2 Å². The van der Waals surface area contributed by atoms with E-state index in [0.29, 0.717) is 47.8 Å². The van der Waals surface area contributed by atoms with E-state index < -0.39 is 0 Å². The minimum atomic E-state index is -0.203. The van der Waals surface area contributed by atoms with Crippen LogP contribution < -0.4 is 9.47 Å². The average Bonchev–Trinajstić information content (AvgIpc) is 3.52. The first kappa shape index (κ1) is 19.6. The summed E-state index contributed by atoms with van der Waals surface area (Å²) in [5.74, 6) is 1.42. The van der Waals surface area contributed by atoms with E-state index in [1.165, 1.54) is 6.07 Å². The fourth-order valence-corrected chi connectivity index (χ4v) is 3.41. The molecule has 2 aromatic carbocycles. The van der Waals surface area contributed by atoms with Crippen LogP contribution in [0.25, 0.3) is 11.5 Å². The van der Waals surface area contributed by atoms with Crippen LogP contribution in [-0.2, 0) is 13.2 Å². The normalized spacial score (nSPS) is 13.7. The Morgan fingerprint density at radius 1 is 1.21 bits per heavy atom. The van der Waals surface area contributed by atoms with E-state index in [-0.39, 0.29) is 10.7 Å². The highest BCUT2D eigenvalue weighted by Gasteiger charge is 2.30. The van der Waals surface area contributed by atoms with Gasteiger partial charge in [0.05, 0.1) is 26.5 Å². The smallest absolute Gasteiger partial charge is 0.288 e. The minimum absolute atomic E-state index is 0.203. The molecule has 1 aliphatic carbocycles. The summed E-state index contributed by atoms with van der Waals surface area (Å²) in [6, 6.07) is 12.6. The van der Waals surface area contributed by atoms with Gasteiger partial charge in [0.2, 0.25) is 0 Å². The number of rotatable bonds is 8. The van der Waals surface area contributed by atoms with Crippen LogP contribution >= 0.6 is 12.2 Å². The molecule has 0 bridgehead atoms. The molecule has 8 heteroatoms. The maximum Gasteiger partial charge on any atom is 0.288 e. The average molecular weight is 415 g/mol. The number of hydrogen-bond donors (Lipinski definition) is 0. The molecule has 1 heterocycles. The van der Waals surface area contributed by atoms with Gasteiger partial charge in [-0.2, -0.15) is 0 Å². The molecule has 4 rings (SSSR count). The highest BCUT2D eigenvalue weighted by molar-refractivity contribution is 7.71. The Labute approximate surface area is 173 Å². The monoisotopic (exact) mass is 415 g/mol. The molecule has 0 saturated heterocycles. The standard InChI is InChI=1S/C21H22FN3O3S/c1-26-16-9-10-17(19(11-16)27-2)20-23-25(21(29)28-20)13-24(15-7-8-15)12-14-5-3-4-6-18(14)22/h3-6,9-11,15H,7-8,12-13H2,1-2H3. The molecule has 0 radical (unpaired) electrons. The maximum atomic E-state index is 14.1. The third kappa shape index (κ3) is 4.33. The van der Waals surface area contributed by atoms with E-state index in [4.69, 9.17) is 26.1 Å². The molecule has 152 valence electrons. The molecule has 1 aromatic heterocycles. The van der Waals surface area contributed by atoms with Gasteiger partial charge in [0.25, 0.3) is 10.7 Å². The van der Waals surface area contributed by atoms with Crippen molar-refractivity contribution in [3.63, 3.8) is 0 Å². The molecule has 3 aromatic rings. The SMILES string of the molecule is COc1ccc(-c2nn(CN(Cc3ccccc3F)C3CC3)c(=S)o2)c(OC)c1. The summed E-state index contributed by atoms with van der Waals surface area (Å²) in [5, 5.41) is 4.55. The number of nitrogens with zero attached hydrogens (tertiary/aromatic N) is 3. The second-order valence-corrected chi connectivity index (χ2v) is 7.30. The Balaban J connectivity index is 1.59. The van der Waals surface area contributed by atoms with Crippen molar-refractivity contribution in [3.8, 4) is 23.0 Å². The van der Waals surface area contributed by atoms with Gasteiger partial charge in [-0.05, 0) is 43.3 Å². The summed E-state index contributed by atoms with van der Waals surface area (Å²) in [6.07, 6.45) is 2.16. The van der Waals surface area contributed by atoms with Crippen LogP contribution in [0.15, 0.2) is 46.9 Å². The molecule has 0 aliphatic heterocycles. The Hall–Kier alpha value is -2.71. The second-order valence-electron chi connectivity index (χ2n) is 6.95. The lowest BCUT2D eigenvalue weighted by molar-refractivity contribution is 0.182. The highest BCUT2D eigenvalue weighted by atomic mass is 32.1. The van der Waals surface area contributed by atoms with E-state index in [1.807, 2.05) is 18.2 Å². The molecule has 1 fully saturated rings. The molecule has 1 aliphatic rings. The lowest BCUT2D eigenvalue weighted by Crippen LogP contribution is -2.29. The van der Waals surface area contributed by atoms with E-state index in [2.05, 4.69) is 10.00 Å². The summed E-state index contributed by atoms with van der Waals surface area (Å²) < 4.78 is 32.2. The first-order valence-corrected chi connectivity index (χ1v) is 9.77. The van der Waals surface area contributed by atoms with Gasteiger partial charge in [-0.1, -0.05) is 18.2 Å². The minimum Gasteiger partial charge on any atom is -0.497 e. The summed E-state index contributed by atoms with van der Waals surface area (Å²) >= 11 is 5.38. The molecule has 6 nitrogen and oxygen atoms in total. The molecule has 29 heavy (non-hydrogen) atoms. The third-order valence-electron chi connectivity index (χ3n) is 4.96. The van der Waals surface area contributed by atoms with Crippen molar-refractivity contribution in [1.29, 1.82) is 0 Å². The van der Waals surface area contributed by atoms with Gasteiger partial charge in [-0.15, -0.1) is 5.10 Å². The first-order chi connectivity index (χ1) is 14.1. The third-order valence-corrected chi connectivity index (χ3v) is 5.25. The quantitative estimate of drug-likeness (QED) is 0.499. The van der Waals surface area contributed by atoms with E-state index >= 15 is 0 Å². The van der Waals surface area contributed by atoms with Gasteiger partial charge in [-0.3, -0.25) is 4.90 Å². The molecule has 0 unspecified atom stereocenters. The number of ether oxygens (including phenoxy) is 2. The van der Waals surface area contributed by atoms with Crippen molar-refractivity contribution in [3.05, 3.63) is 58.7 Å². The molecular weight excluding hydrogens is 393 g/mol. The number of hydrogen-bond acceptors (Lipinski definition) is 6.